The van der Waals surface area contributed by atoms with Crippen molar-refractivity contribution in [2.45, 2.75) is 71.8 Å². The van der Waals surface area contributed by atoms with E-state index in [0.717, 1.165) is 19.4 Å². The van der Waals surface area contributed by atoms with Gasteiger partial charge in [0.05, 0.1) is 0 Å². The van der Waals surface area contributed by atoms with Gasteiger partial charge in [0.25, 0.3) is 0 Å². The highest BCUT2D eigenvalue weighted by molar-refractivity contribution is 5.59. The van der Waals surface area contributed by atoms with Crippen molar-refractivity contribution in [3.05, 3.63) is 0 Å². The van der Waals surface area contributed by atoms with Crippen molar-refractivity contribution in [2.24, 2.45) is 5.41 Å². The second-order valence-electron chi connectivity index (χ2n) is 5.90. The lowest BCUT2D eigenvalue weighted by Gasteiger charge is -2.35. The minimum Gasteiger partial charge on any atom is -0.303 e. The number of hydrogen-bond acceptors (Lipinski definition) is 2. The number of hydrogen-bond donors (Lipinski definition) is 0. The first-order valence-electron chi connectivity index (χ1n) is 7.35. The van der Waals surface area contributed by atoms with Gasteiger partial charge in [-0.05, 0) is 32.2 Å². The number of carbonyl (C=O) groups is 1. The quantitative estimate of drug-likeness (QED) is 0.659. The van der Waals surface area contributed by atoms with Gasteiger partial charge in [-0.1, -0.05) is 40.0 Å². The fourth-order valence-corrected chi connectivity index (χ4v) is 3.12. The molecule has 0 bridgehead atoms. The number of carbonyl (C=O) groups excluding carboxylic acids is 1. The van der Waals surface area contributed by atoms with Gasteiger partial charge >= 0.3 is 0 Å². The lowest BCUT2D eigenvalue weighted by atomic mass is 9.86. The van der Waals surface area contributed by atoms with Gasteiger partial charge in [-0.3, -0.25) is 4.90 Å². The molecule has 1 heterocycles. The standard InChI is InChI=1S/C15H29NO/c1-4-10-15(3,13-17)12-16-11-8-6-7-9-14(16)5-2/h13-14H,4-12H2,1-3H3. The van der Waals surface area contributed by atoms with Crippen molar-refractivity contribution in [1.82, 2.24) is 4.90 Å². The van der Waals surface area contributed by atoms with Crippen LogP contribution in [0.3, 0.4) is 0 Å². The Bertz CT molecular complexity index is 229. The van der Waals surface area contributed by atoms with E-state index < -0.39 is 0 Å². The van der Waals surface area contributed by atoms with Crippen LogP contribution in [0.5, 0.6) is 0 Å². The normalized spacial score (nSPS) is 26.2. The van der Waals surface area contributed by atoms with Gasteiger partial charge in [-0.2, -0.15) is 0 Å². The van der Waals surface area contributed by atoms with Crippen molar-refractivity contribution < 1.29 is 4.79 Å². The molecule has 2 atom stereocenters. The molecule has 2 unspecified atom stereocenters. The van der Waals surface area contributed by atoms with E-state index in [1.54, 1.807) is 0 Å². The van der Waals surface area contributed by atoms with E-state index in [2.05, 4.69) is 25.7 Å². The molecular formula is C15H29NO. The molecule has 100 valence electrons. The fraction of sp³-hybridized carbons (Fsp3) is 0.933. The molecule has 2 nitrogen and oxygen atoms in total. The second-order valence-corrected chi connectivity index (χ2v) is 5.90. The summed E-state index contributed by atoms with van der Waals surface area (Å²) in [5.41, 5.74) is -0.132. The molecule has 0 aliphatic carbocycles. The summed E-state index contributed by atoms with van der Waals surface area (Å²) in [5, 5.41) is 0. The Kier molecular flexibility index (Phi) is 6.18. The van der Waals surface area contributed by atoms with E-state index in [-0.39, 0.29) is 5.41 Å². The van der Waals surface area contributed by atoms with Crippen LogP contribution in [0.4, 0.5) is 0 Å². The van der Waals surface area contributed by atoms with E-state index in [9.17, 15) is 4.79 Å². The van der Waals surface area contributed by atoms with E-state index in [1.807, 2.05) is 0 Å². The summed E-state index contributed by atoms with van der Waals surface area (Å²) >= 11 is 0. The number of rotatable bonds is 6. The Labute approximate surface area is 107 Å². The minimum atomic E-state index is -0.132. The molecule has 1 aliphatic rings. The molecule has 1 rings (SSSR count). The van der Waals surface area contributed by atoms with Crippen LogP contribution in [-0.4, -0.2) is 30.3 Å². The molecule has 1 aliphatic heterocycles. The van der Waals surface area contributed by atoms with Crippen LogP contribution in [0.1, 0.15) is 65.7 Å². The third-order valence-corrected chi connectivity index (χ3v) is 4.14. The predicted molar refractivity (Wildman–Crippen MR) is 73.2 cm³/mol. The van der Waals surface area contributed by atoms with E-state index >= 15 is 0 Å². The summed E-state index contributed by atoms with van der Waals surface area (Å²) in [4.78, 5) is 13.9. The van der Waals surface area contributed by atoms with Crippen molar-refractivity contribution in [3.8, 4) is 0 Å². The van der Waals surface area contributed by atoms with Gasteiger partial charge in [-0.25, -0.2) is 0 Å². The molecule has 2 heteroatoms. The molecule has 0 aromatic carbocycles. The zero-order chi connectivity index (χ0) is 12.7. The van der Waals surface area contributed by atoms with E-state index in [4.69, 9.17) is 0 Å². The van der Waals surface area contributed by atoms with Gasteiger partial charge in [0.1, 0.15) is 6.29 Å². The maximum atomic E-state index is 11.3. The molecule has 0 radical (unpaired) electrons. The molecule has 1 fully saturated rings. The number of nitrogens with zero attached hydrogens (tertiary/aromatic N) is 1. The van der Waals surface area contributed by atoms with E-state index in [1.165, 1.54) is 44.9 Å². The lowest BCUT2D eigenvalue weighted by Crippen LogP contribution is -2.42. The average Bonchev–Trinajstić information content (AvgIpc) is 2.54. The van der Waals surface area contributed by atoms with Crippen LogP contribution < -0.4 is 0 Å². The average molecular weight is 239 g/mol. The molecule has 0 aromatic heterocycles. The largest absolute Gasteiger partial charge is 0.303 e. The van der Waals surface area contributed by atoms with Crippen molar-refractivity contribution in [1.29, 1.82) is 0 Å². The van der Waals surface area contributed by atoms with Crippen molar-refractivity contribution in [2.75, 3.05) is 13.1 Å². The summed E-state index contributed by atoms with van der Waals surface area (Å²) in [6.45, 7) is 8.72. The third-order valence-electron chi connectivity index (χ3n) is 4.14. The minimum absolute atomic E-state index is 0.132. The Balaban J connectivity index is 2.64. The SMILES string of the molecule is CCCC(C)(C=O)CN1CCCCCC1CC. The van der Waals surface area contributed by atoms with Crippen LogP contribution in [0, 0.1) is 5.41 Å². The van der Waals surface area contributed by atoms with Crippen LogP contribution in [0.2, 0.25) is 0 Å². The fourth-order valence-electron chi connectivity index (χ4n) is 3.12. The van der Waals surface area contributed by atoms with Gasteiger partial charge in [0, 0.05) is 18.0 Å². The molecule has 1 saturated heterocycles. The van der Waals surface area contributed by atoms with Gasteiger partial charge in [0.2, 0.25) is 0 Å². The van der Waals surface area contributed by atoms with Crippen LogP contribution in [0.15, 0.2) is 0 Å². The van der Waals surface area contributed by atoms with Crippen LogP contribution >= 0.6 is 0 Å². The first-order chi connectivity index (χ1) is 8.15. The molecule has 0 spiro atoms. The van der Waals surface area contributed by atoms with Gasteiger partial charge < -0.3 is 4.79 Å². The van der Waals surface area contributed by atoms with Gasteiger partial charge in [0.15, 0.2) is 0 Å². The van der Waals surface area contributed by atoms with Gasteiger partial charge in [-0.15, -0.1) is 0 Å². The summed E-state index contributed by atoms with van der Waals surface area (Å²) < 4.78 is 0. The Hall–Kier alpha value is -0.370. The Morgan fingerprint density at radius 3 is 2.65 bits per heavy atom. The zero-order valence-corrected chi connectivity index (χ0v) is 11.9. The Morgan fingerprint density at radius 1 is 1.29 bits per heavy atom. The third kappa shape index (κ3) is 4.42. The zero-order valence-electron chi connectivity index (χ0n) is 11.9. The Morgan fingerprint density at radius 2 is 2.06 bits per heavy atom. The maximum Gasteiger partial charge on any atom is 0.127 e. The summed E-state index contributed by atoms with van der Waals surface area (Å²) in [7, 11) is 0. The molecular weight excluding hydrogens is 210 g/mol. The smallest absolute Gasteiger partial charge is 0.127 e. The first-order valence-corrected chi connectivity index (χ1v) is 7.35. The molecule has 0 amide bonds. The monoisotopic (exact) mass is 239 g/mol. The number of aldehydes is 1. The summed E-state index contributed by atoms with van der Waals surface area (Å²) in [5.74, 6) is 0. The highest BCUT2D eigenvalue weighted by Crippen LogP contribution is 2.27. The van der Waals surface area contributed by atoms with Crippen molar-refractivity contribution >= 4 is 6.29 Å². The first kappa shape index (κ1) is 14.7. The second kappa shape index (κ2) is 7.15. The molecule has 0 N–H and O–H groups in total. The highest BCUT2D eigenvalue weighted by Gasteiger charge is 2.29. The molecule has 0 saturated carbocycles. The van der Waals surface area contributed by atoms with E-state index in [0.29, 0.717) is 6.04 Å². The molecule has 0 aromatic rings. The maximum absolute atomic E-state index is 11.3. The lowest BCUT2D eigenvalue weighted by molar-refractivity contribution is -0.117. The highest BCUT2D eigenvalue weighted by atomic mass is 16.1. The summed E-state index contributed by atoms with van der Waals surface area (Å²) in [6, 6.07) is 0.702. The van der Waals surface area contributed by atoms with Crippen molar-refractivity contribution in [3.63, 3.8) is 0 Å². The number of likely N-dealkylation sites (tertiary alicyclic amines) is 1. The topological polar surface area (TPSA) is 20.3 Å². The van der Waals surface area contributed by atoms with Crippen LogP contribution in [-0.2, 0) is 4.79 Å². The predicted octanol–water partition coefficient (Wildman–Crippen LogP) is 3.65. The summed E-state index contributed by atoms with van der Waals surface area (Å²) in [6.07, 6.45) is 9.87. The molecule has 17 heavy (non-hydrogen) atoms. The van der Waals surface area contributed by atoms with Crippen LogP contribution in [0.25, 0.3) is 0 Å².